The first-order chi connectivity index (χ1) is 8.58. The molecule has 0 amide bonds. The molecule has 1 aliphatic heterocycles. The molecule has 1 aliphatic rings. The van der Waals surface area contributed by atoms with Crippen molar-refractivity contribution in [3.63, 3.8) is 0 Å². The molecule has 0 aromatic carbocycles. The predicted molar refractivity (Wildman–Crippen MR) is 64.5 cm³/mol. The van der Waals surface area contributed by atoms with Crippen molar-refractivity contribution in [1.29, 1.82) is 0 Å². The number of carboxylic acid groups (broad SMARTS) is 1. The lowest BCUT2D eigenvalue weighted by Gasteiger charge is -2.34. The minimum absolute atomic E-state index is 0.0975. The van der Waals surface area contributed by atoms with Gasteiger partial charge in [-0.3, -0.25) is 14.7 Å². The van der Waals surface area contributed by atoms with Gasteiger partial charge in [0.05, 0.1) is 17.8 Å². The molecule has 1 N–H and O–H groups in total. The molecule has 1 atom stereocenters. The number of carboxylic acids is 1. The Bertz CT molecular complexity index is 414. The third kappa shape index (κ3) is 2.85. The number of rotatable bonds is 3. The fourth-order valence-electron chi connectivity index (χ4n) is 2.36. The van der Waals surface area contributed by atoms with Crippen LogP contribution in [-0.4, -0.2) is 34.0 Å². The highest BCUT2D eigenvalue weighted by Crippen LogP contribution is 2.25. The van der Waals surface area contributed by atoms with Crippen LogP contribution in [0.15, 0.2) is 18.3 Å². The van der Waals surface area contributed by atoms with E-state index in [9.17, 15) is 9.18 Å². The number of hydrogen-bond acceptors (Lipinski definition) is 3. The predicted octanol–water partition coefficient (Wildman–Crippen LogP) is 2.08. The van der Waals surface area contributed by atoms with Gasteiger partial charge in [0.15, 0.2) is 0 Å². The van der Waals surface area contributed by atoms with Crippen molar-refractivity contribution in [2.75, 3.05) is 13.1 Å². The highest BCUT2D eigenvalue weighted by molar-refractivity contribution is 5.70. The molecule has 5 heteroatoms. The van der Waals surface area contributed by atoms with Gasteiger partial charge in [-0.15, -0.1) is 0 Å². The third-order valence-electron chi connectivity index (χ3n) is 3.60. The Morgan fingerprint density at radius 3 is 2.67 bits per heavy atom. The lowest BCUT2D eigenvalue weighted by Crippen LogP contribution is -2.38. The summed E-state index contributed by atoms with van der Waals surface area (Å²) in [5.41, 5.74) is 0.824. The van der Waals surface area contributed by atoms with Crippen molar-refractivity contribution in [2.45, 2.75) is 25.8 Å². The second-order valence-electron chi connectivity index (χ2n) is 4.73. The van der Waals surface area contributed by atoms with Crippen LogP contribution < -0.4 is 0 Å². The second kappa shape index (κ2) is 5.44. The molecule has 2 heterocycles. The van der Waals surface area contributed by atoms with Gasteiger partial charge in [0, 0.05) is 6.04 Å². The quantitative estimate of drug-likeness (QED) is 0.894. The number of hydrogen-bond donors (Lipinski definition) is 1. The van der Waals surface area contributed by atoms with E-state index in [2.05, 4.69) is 9.88 Å². The molecule has 1 aromatic rings. The summed E-state index contributed by atoms with van der Waals surface area (Å²) >= 11 is 0. The topological polar surface area (TPSA) is 53.4 Å². The Balaban J connectivity index is 1.97. The van der Waals surface area contributed by atoms with Crippen LogP contribution >= 0.6 is 0 Å². The van der Waals surface area contributed by atoms with E-state index in [-0.39, 0.29) is 17.8 Å². The second-order valence-corrected chi connectivity index (χ2v) is 4.73. The van der Waals surface area contributed by atoms with Gasteiger partial charge in [-0.25, -0.2) is 4.39 Å². The molecule has 1 fully saturated rings. The average molecular weight is 252 g/mol. The number of piperidine rings is 1. The van der Waals surface area contributed by atoms with Gasteiger partial charge in [0.25, 0.3) is 0 Å². The zero-order valence-corrected chi connectivity index (χ0v) is 10.3. The molecular weight excluding hydrogens is 235 g/mol. The molecule has 18 heavy (non-hydrogen) atoms. The highest BCUT2D eigenvalue weighted by atomic mass is 19.1. The van der Waals surface area contributed by atoms with Crippen molar-refractivity contribution in [3.8, 4) is 0 Å². The Morgan fingerprint density at radius 1 is 1.50 bits per heavy atom. The summed E-state index contributed by atoms with van der Waals surface area (Å²) in [5, 5.41) is 8.94. The Morgan fingerprint density at radius 2 is 2.17 bits per heavy atom. The van der Waals surface area contributed by atoms with Gasteiger partial charge in [-0.1, -0.05) is 0 Å². The molecule has 0 spiro atoms. The van der Waals surface area contributed by atoms with Crippen LogP contribution in [0.3, 0.4) is 0 Å². The standard InChI is InChI=1S/C13H17FN2O2/c1-9(12-3-2-11(14)8-15-12)16-6-4-10(5-7-16)13(17)18/h2-3,8-10H,4-7H2,1H3,(H,17,18). The maximum atomic E-state index is 12.8. The van der Waals surface area contributed by atoms with E-state index in [1.807, 2.05) is 6.92 Å². The van der Waals surface area contributed by atoms with Gasteiger partial charge >= 0.3 is 5.97 Å². The first-order valence-electron chi connectivity index (χ1n) is 6.16. The maximum absolute atomic E-state index is 12.8. The van der Waals surface area contributed by atoms with E-state index in [0.717, 1.165) is 18.8 Å². The summed E-state index contributed by atoms with van der Waals surface area (Å²) < 4.78 is 12.8. The molecule has 4 nitrogen and oxygen atoms in total. The smallest absolute Gasteiger partial charge is 0.306 e. The molecule has 1 unspecified atom stereocenters. The Hall–Kier alpha value is -1.49. The van der Waals surface area contributed by atoms with Crippen molar-refractivity contribution >= 4 is 5.97 Å². The van der Waals surface area contributed by atoms with E-state index in [4.69, 9.17) is 5.11 Å². The summed E-state index contributed by atoms with van der Waals surface area (Å²) in [6.45, 7) is 3.51. The number of carbonyl (C=O) groups is 1. The molecule has 1 saturated heterocycles. The van der Waals surface area contributed by atoms with Crippen LogP contribution in [0.1, 0.15) is 31.5 Å². The summed E-state index contributed by atoms with van der Waals surface area (Å²) in [5.74, 6) is -1.27. The van der Waals surface area contributed by atoms with Crippen molar-refractivity contribution in [2.24, 2.45) is 5.92 Å². The number of pyridine rings is 1. The lowest BCUT2D eigenvalue weighted by molar-refractivity contribution is -0.143. The molecule has 1 aromatic heterocycles. The lowest BCUT2D eigenvalue weighted by atomic mass is 9.95. The SMILES string of the molecule is CC(c1ccc(F)cn1)N1CCC(C(=O)O)CC1. The van der Waals surface area contributed by atoms with Crippen LogP contribution in [-0.2, 0) is 4.79 Å². The van der Waals surface area contributed by atoms with Crippen LogP contribution in [0.4, 0.5) is 4.39 Å². The molecule has 0 saturated carbocycles. The third-order valence-corrected chi connectivity index (χ3v) is 3.60. The molecule has 0 radical (unpaired) electrons. The first kappa shape index (κ1) is 13.0. The number of aliphatic carboxylic acids is 1. The Kier molecular flexibility index (Phi) is 3.91. The average Bonchev–Trinajstić information content (AvgIpc) is 2.39. The number of aromatic nitrogens is 1. The minimum atomic E-state index is -0.706. The zero-order chi connectivity index (χ0) is 13.1. The summed E-state index contributed by atoms with van der Waals surface area (Å²) in [6, 6.07) is 3.19. The number of nitrogens with zero attached hydrogens (tertiary/aromatic N) is 2. The largest absolute Gasteiger partial charge is 0.481 e. The number of halogens is 1. The van der Waals surface area contributed by atoms with Crippen LogP contribution in [0.25, 0.3) is 0 Å². The molecule has 2 rings (SSSR count). The monoisotopic (exact) mass is 252 g/mol. The molecule has 98 valence electrons. The first-order valence-corrected chi connectivity index (χ1v) is 6.16. The summed E-state index contributed by atoms with van der Waals surface area (Å²) in [7, 11) is 0. The van der Waals surface area contributed by atoms with Crippen molar-refractivity contribution in [3.05, 3.63) is 29.8 Å². The summed E-state index contributed by atoms with van der Waals surface area (Å²) in [4.78, 5) is 17.1. The van der Waals surface area contributed by atoms with Gasteiger partial charge < -0.3 is 5.11 Å². The summed E-state index contributed by atoms with van der Waals surface area (Å²) in [6.07, 6.45) is 2.55. The molecule has 0 bridgehead atoms. The van der Waals surface area contributed by atoms with Gasteiger partial charge in [-0.2, -0.15) is 0 Å². The van der Waals surface area contributed by atoms with E-state index in [1.54, 1.807) is 6.07 Å². The maximum Gasteiger partial charge on any atom is 0.306 e. The fraction of sp³-hybridized carbons (Fsp3) is 0.538. The fourth-order valence-corrected chi connectivity index (χ4v) is 2.36. The van der Waals surface area contributed by atoms with E-state index in [1.165, 1.54) is 12.3 Å². The molecule has 0 aliphatic carbocycles. The minimum Gasteiger partial charge on any atom is -0.481 e. The molecular formula is C13H17FN2O2. The van der Waals surface area contributed by atoms with E-state index in [0.29, 0.717) is 12.8 Å². The van der Waals surface area contributed by atoms with Crippen LogP contribution in [0.2, 0.25) is 0 Å². The van der Waals surface area contributed by atoms with Crippen LogP contribution in [0, 0.1) is 11.7 Å². The Labute approximate surface area is 105 Å². The normalized spacial score (nSPS) is 19.7. The van der Waals surface area contributed by atoms with Crippen molar-refractivity contribution < 1.29 is 14.3 Å². The van der Waals surface area contributed by atoms with E-state index >= 15 is 0 Å². The van der Waals surface area contributed by atoms with E-state index < -0.39 is 5.97 Å². The van der Waals surface area contributed by atoms with Gasteiger partial charge in [0.2, 0.25) is 0 Å². The van der Waals surface area contributed by atoms with Gasteiger partial charge in [-0.05, 0) is 45.0 Å². The van der Waals surface area contributed by atoms with Crippen molar-refractivity contribution in [1.82, 2.24) is 9.88 Å². The highest BCUT2D eigenvalue weighted by Gasteiger charge is 2.27. The van der Waals surface area contributed by atoms with Crippen LogP contribution in [0.5, 0.6) is 0 Å². The van der Waals surface area contributed by atoms with Gasteiger partial charge in [0.1, 0.15) is 5.82 Å². The zero-order valence-electron chi connectivity index (χ0n) is 10.3. The number of likely N-dealkylation sites (tertiary alicyclic amines) is 1.